The molecule has 0 saturated carbocycles. The number of carbonyl (C=O) groups excluding carboxylic acids is 1. The van der Waals surface area contributed by atoms with Crippen molar-refractivity contribution in [2.24, 2.45) is 0 Å². The number of nitrogens with zero attached hydrogens (tertiary/aromatic N) is 1. The largest absolute Gasteiger partial charge is 0.480 e. The summed E-state index contributed by atoms with van der Waals surface area (Å²) in [7, 11) is 0. The number of fused-ring (bicyclic) bond motifs is 1. The van der Waals surface area contributed by atoms with Crippen LogP contribution in [0.4, 0.5) is 0 Å². The topological polar surface area (TPSA) is 49.8 Å². The molecular weight excluding hydrogens is 290 g/mol. The van der Waals surface area contributed by atoms with E-state index in [1.165, 1.54) is 0 Å². The maximum atomic E-state index is 12.7. The lowest BCUT2D eigenvalue weighted by Crippen LogP contribution is -2.48. The minimum absolute atomic E-state index is 0.0109. The van der Waals surface area contributed by atoms with Crippen LogP contribution in [0.2, 0.25) is 5.02 Å². The summed E-state index contributed by atoms with van der Waals surface area (Å²) in [5.41, 5.74) is 0.983. The Morgan fingerprint density at radius 2 is 2.24 bits per heavy atom. The average Bonchev–Trinajstić information content (AvgIpc) is 2.75. The molecule has 0 aromatic heterocycles. The molecule has 0 aliphatic carbocycles. The van der Waals surface area contributed by atoms with Crippen molar-refractivity contribution in [3.8, 4) is 5.75 Å². The molecule has 0 spiro atoms. The highest BCUT2D eigenvalue weighted by atomic mass is 35.5. The number of aliphatic hydroxyl groups excluding tert-OH is 1. The van der Waals surface area contributed by atoms with E-state index < -0.39 is 6.10 Å². The van der Waals surface area contributed by atoms with Gasteiger partial charge in [-0.25, -0.2) is 0 Å². The molecule has 0 bridgehead atoms. The number of amides is 1. The molecule has 2 heterocycles. The second-order valence-corrected chi connectivity index (χ2v) is 6.22. The number of halogens is 1. The first-order chi connectivity index (χ1) is 10.2. The maximum absolute atomic E-state index is 12.7. The third-order valence-corrected chi connectivity index (χ3v) is 4.58. The Bertz CT molecular complexity index is 534. The molecule has 0 radical (unpaired) electrons. The van der Waals surface area contributed by atoms with Crippen LogP contribution in [-0.2, 0) is 11.2 Å². The first-order valence-electron chi connectivity index (χ1n) is 7.55. The molecule has 1 N–H and O–H groups in total. The van der Waals surface area contributed by atoms with Crippen LogP contribution in [-0.4, -0.2) is 41.2 Å². The molecule has 1 aromatic carbocycles. The highest BCUT2D eigenvalue weighted by Gasteiger charge is 2.35. The van der Waals surface area contributed by atoms with Gasteiger partial charge in [0.1, 0.15) is 5.75 Å². The van der Waals surface area contributed by atoms with Crippen molar-refractivity contribution in [1.82, 2.24) is 4.90 Å². The molecule has 2 unspecified atom stereocenters. The Labute approximate surface area is 129 Å². The Hall–Kier alpha value is -1.26. The second-order valence-electron chi connectivity index (χ2n) is 5.78. The van der Waals surface area contributed by atoms with Gasteiger partial charge in [0.2, 0.25) is 0 Å². The summed E-state index contributed by atoms with van der Waals surface area (Å²) >= 11 is 5.98. The zero-order valence-electron chi connectivity index (χ0n) is 11.9. The van der Waals surface area contributed by atoms with Crippen molar-refractivity contribution in [1.29, 1.82) is 0 Å². The van der Waals surface area contributed by atoms with Crippen LogP contribution in [0.15, 0.2) is 18.2 Å². The van der Waals surface area contributed by atoms with Crippen LogP contribution in [0.25, 0.3) is 0 Å². The summed E-state index contributed by atoms with van der Waals surface area (Å²) in [6.07, 6.45) is 4.12. The van der Waals surface area contributed by atoms with Gasteiger partial charge in [-0.2, -0.15) is 0 Å². The van der Waals surface area contributed by atoms with E-state index in [0.29, 0.717) is 18.0 Å². The van der Waals surface area contributed by atoms with Crippen molar-refractivity contribution in [3.05, 3.63) is 28.8 Å². The number of aliphatic hydroxyl groups is 1. The van der Waals surface area contributed by atoms with Gasteiger partial charge in [-0.05, 0) is 36.6 Å². The predicted molar refractivity (Wildman–Crippen MR) is 80.6 cm³/mol. The number of likely N-dealkylation sites (tertiary alicyclic amines) is 1. The van der Waals surface area contributed by atoms with Gasteiger partial charge < -0.3 is 14.7 Å². The van der Waals surface area contributed by atoms with Crippen molar-refractivity contribution >= 4 is 17.5 Å². The normalized spacial score (nSPS) is 25.1. The molecule has 1 fully saturated rings. The van der Waals surface area contributed by atoms with Gasteiger partial charge in [0, 0.05) is 18.0 Å². The Morgan fingerprint density at radius 1 is 1.38 bits per heavy atom. The fraction of sp³-hybridized carbons (Fsp3) is 0.562. The van der Waals surface area contributed by atoms with E-state index in [9.17, 15) is 9.90 Å². The first-order valence-corrected chi connectivity index (χ1v) is 7.93. The zero-order chi connectivity index (χ0) is 14.8. The first kappa shape index (κ1) is 14.7. The van der Waals surface area contributed by atoms with E-state index in [1.807, 2.05) is 17.0 Å². The number of hydrogen-bond acceptors (Lipinski definition) is 3. The Kier molecular flexibility index (Phi) is 4.36. The summed E-state index contributed by atoms with van der Waals surface area (Å²) in [5.74, 6) is 0.733. The van der Waals surface area contributed by atoms with Gasteiger partial charge in [0.15, 0.2) is 6.10 Å². The average molecular weight is 310 g/mol. The number of rotatable bonds is 2. The van der Waals surface area contributed by atoms with Crippen LogP contribution >= 0.6 is 11.6 Å². The third kappa shape index (κ3) is 3.01. The monoisotopic (exact) mass is 309 g/mol. The number of carbonyl (C=O) groups is 1. The Morgan fingerprint density at radius 3 is 3.05 bits per heavy atom. The molecule has 114 valence electrons. The van der Waals surface area contributed by atoms with Crippen molar-refractivity contribution < 1.29 is 14.6 Å². The van der Waals surface area contributed by atoms with Crippen LogP contribution < -0.4 is 4.74 Å². The van der Waals surface area contributed by atoms with E-state index in [2.05, 4.69) is 0 Å². The smallest absolute Gasteiger partial charge is 0.264 e. The molecule has 1 saturated heterocycles. The zero-order valence-corrected chi connectivity index (χ0v) is 12.7. The molecular formula is C16H20ClNO3. The standard InChI is InChI=1S/C16H20ClNO3/c17-12-5-6-14-11(8-12)9-15(21-14)16(20)18-7-3-1-2-4-13(18)10-19/h5-6,8,13,15,19H,1-4,7,9-10H2. The molecule has 1 amide bonds. The van der Waals surface area contributed by atoms with Crippen molar-refractivity contribution in [2.45, 2.75) is 44.2 Å². The summed E-state index contributed by atoms with van der Waals surface area (Å²) in [5, 5.41) is 10.2. The lowest BCUT2D eigenvalue weighted by atomic mass is 10.1. The van der Waals surface area contributed by atoms with Gasteiger partial charge in [0.25, 0.3) is 5.91 Å². The number of ether oxygens (including phenoxy) is 1. The minimum Gasteiger partial charge on any atom is -0.480 e. The number of benzene rings is 1. The predicted octanol–water partition coefficient (Wildman–Crippen LogP) is 2.41. The van der Waals surface area contributed by atoms with Gasteiger partial charge >= 0.3 is 0 Å². The van der Waals surface area contributed by atoms with Crippen molar-refractivity contribution in [3.63, 3.8) is 0 Å². The second kappa shape index (κ2) is 6.24. The summed E-state index contributed by atoms with van der Waals surface area (Å²) in [4.78, 5) is 14.5. The van der Waals surface area contributed by atoms with Crippen LogP contribution in [0.1, 0.15) is 31.2 Å². The molecule has 2 aliphatic rings. The van der Waals surface area contributed by atoms with Gasteiger partial charge in [0.05, 0.1) is 12.6 Å². The van der Waals surface area contributed by atoms with E-state index in [-0.39, 0.29) is 18.6 Å². The van der Waals surface area contributed by atoms with Gasteiger partial charge in [-0.3, -0.25) is 4.79 Å². The summed E-state index contributed by atoms with van der Waals surface area (Å²) < 4.78 is 5.78. The van der Waals surface area contributed by atoms with Crippen LogP contribution in [0, 0.1) is 0 Å². The highest BCUT2D eigenvalue weighted by molar-refractivity contribution is 6.30. The van der Waals surface area contributed by atoms with Gasteiger partial charge in [-0.15, -0.1) is 0 Å². The fourth-order valence-corrected chi connectivity index (χ4v) is 3.39. The summed E-state index contributed by atoms with van der Waals surface area (Å²) in [6, 6.07) is 5.37. The van der Waals surface area contributed by atoms with E-state index in [1.54, 1.807) is 6.07 Å². The molecule has 3 rings (SSSR count). The quantitative estimate of drug-likeness (QED) is 0.912. The molecule has 2 aliphatic heterocycles. The lowest BCUT2D eigenvalue weighted by molar-refractivity contribution is -0.141. The van der Waals surface area contributed by atoms with Crippen LogP contribution in [0.3, 0.4) is 0 Å². The Balaban J connectivity index is 1.74. The van der Waals surface area contributed by atoms with Gasteiger partial charge in [-0.1, -0.05) is 24.4 Å². The highest BCUT2D eigenvalue weighted by Crippen LogP contribution is 2.32. The summed E-state index contributed by atoms with van der Waals surface area (Å²) in [6.45, 7) is 0.734. The number of hydrogen-bond donors (Lipinski definition) is 1. The van der Waals surface area contributed by atoms with E-state index in [4.69, 9.17) is 16.3 Å². The van der Waals surface area contributed by atoms with E-state index >= 15 is 0 Å². The molecule has 4 nitrogen and oxygen atoms in total. The lowest BCUT2D eigenvalue weighted by Gasteiger charge is -2.30. The maximum Gasteiger partial charge on any atom is 0.264 e. The molecule has 1 aromatic rings. The van der Waals surface area contributed by atoms with Crippen LogP contribution in [0.5, 0.6) is 5.75 Å². The van der Waals surface area contributed by atoms with Crippen molar-refractivity contribution in [2.75, 3.05) is 13.2 Å². The fourth-order valence-electron chi connectivity index (χ4n) is 3.20. The molecule has 5 heteroatoms. The SMILES string of the molecule is O=C(C1Cc2cc(Cl)ccc2O1)N1CCCCCC1CO. The minimum atomic E-state index is -0.481. The third-order valence-electron chi connectivity index (χ3n) is 4.34. The molecule has 2 atom stereocenters. The van der Waals surface area contributed by atoms with E-state index in [0.717, 1.165) is 37.0 Å². The molecule has 21 heavy (non-hydrogen) atoms.